The van der Waals surface area contributed by atoms with Crippen molar-refractivity contribution < 1.29 is 9.15 Å². The van der Waals surface area contributed by atoms with Crippen LogP contribution in [0.2, 0.25) is 0 Å². The largest absolute Gasteiger partial charge is 0.444 e. The van der Waals surface area contributed by atoms with E-state index in [-0.39, 0.29) is 11.5 Å². The fourth-order valence-corrected chi connectivity index (χ4v) is 2.57. The van der Waals surface area contributed by atoms with Crippen LogP contribution in [0.4, 0.5) is 0 Å². The lowest BCUT2D eigenvalue weighted by Crippen LogP contribution is -2.43. The van der Waals surface area contributed by atoms with Crippen molar-refractivity contribution in [1.82, 2.24) is 19.7 Å². The van der Waals surface area contributed by atoms with Gasteiger partial charge in [-0.05, 0) is 6.07 Å². The number of aromatic nitrogens is 3. The van der Waals surface area contributed by atoms with Crippen molar-refractivity contribution >= 4 is 0 Å². The Morgan fingerprint density at radius 1 is 1.36 bits per heavy atom. The molecule has 6 heteroatoms. The summed E-state index contributed by atoms with van der Waals surface area (Å²) in [4.78, 5) is 6.74. The average molecular weight is 304 g/mol. The van der Waals surface area contributed by atoms with Crippen molar-refractivity contribution in [1.29, 1.82) is 0 Å². The first kappa shape index (κ1) is 15.2. The van der Waals surface area contributed by atoms with Crippen LogP contribution in [0.5, 0.6) is 0 Å². The highest BCUT2D eigenvalue weighted by molar-refractivity contribution is 5.06. The van der Waals surface area contributed by atoms with Gasteiger partial charge in [0.1, 0.15) is 5.76 Å². The number of ether oxygens (including phenoxy) is 1. The molecule has 0 radical (unpaired) electrons. The van der Waals surface area contributed by atoms with Crippen LogP contribution in [-0.2, 0) is 23.2 Å². The van der Waals surface area contributed by atoms with Crippen molar-refractivity contribution in [2.45, 2.75) is 45.4 Å². The summed E-state index contributed by atoms with van der Waals surface area (Å²) in [6.07, 6.45) is 5.76. The second-order valence-electron chi connectivity index (χ2n) is 6.82. The number of nitrogens with zero attached hydrogens (tertiary/aromatic N) is 4. The molecule has 120 valence electrons. The summed E-state index contributed by atoms with van der Waals surface area (Å²) in [6.45, 7) is 10.4. The Labute approximate surface area is 131 Å². The molecule has 0 unspecified atom stereocenters. The second kappa shape index (κ2) is 6.22. The van der Waals surface area contributed by atoms with Gasteiger partial charge in [0.2, 0.25) is 5.89 Å². The summed E-state index contributed by atoms with van der Waals surface area (Å²) in [7, 11) is 0. The van der Waals surface area contributed by atoms with E-state index in [2.05, 4.69) is 35.8 Å². The van der Waals surface area contributed by atoms with Gasteiger partial charge >= 0.3 is 0 Å². The van der Waals surface area contributed by atoms with Crippen molar-refractivity contribution in [3.05, 3.63) is 36.3 Å². The van der Waals surface area contributed by atoms with Gasteiger partial charge in [-0.2, -0.15) is 5.10 Å². The Hall–Kier alpha value is -1.66. The van der Waals surface area contributed by atoms with Gasteiger partial charge in [-0.15, -0.1) is 0 Å². The Kier molecular flexibility index (Phi) is 4.31. The van der Waals surface area contributed by atoms with Crippen molar-refractivity contribution in [3.8, 4) is 0 Å². The minimum absolute atomic E-state index is 0.00110. The molecule has 0 aliphatic carbocycles. The molecule has 0 saturated carbocycles. The fraction of sp³-hybridized carbons (Fsp3) is 0.625. The van der Waals surface area contributed by atoms with Crippen molar-refractivity contribution in [3.63, 3.8) is 0 Å². The van der Waals surface area contributed by atoms with E-state index in [4.69, 9.17) is 9.15 Å². The highest BCUT2D eigenvalue weighted by atomic mass is 16.5. The maximum atomic E-state index is 5.88. The minimum Gasteiger partial charge on any atom is -0.444 e. The van der Waals surface area contributed by atoms with Crippen LogP contribution in [-0.4, -0.2) is 45.5 Å². The van der Waals surface area contributed by atoms with E-state index in [0.29, 0.717) is 0 Å². The molecule has 3 heterocycles. The average Bonchev–Trinajstić information content (AvgIpc) is 3.10. The number of rotatable bonds is 4. The zero-order valence-corrected chi connectivity index (χ0v) is 13.5. The van der Waals surface area contributed by atoms with E-state index in [1.807, 2.05) is 23.1 Å². The third-order valence-electron chi connectivity index (χ3n) is 3.82. The fourth-order valence-electron chi connectivity index (χ4n) is 2.57. The number of morpholine rings is 1. The smallest absolute Gasteiger partial charge is 0.208 e. The molecule has 2 aromatic rings. The first-order chi connectivity index (χ1) is 10.5. The van der Waals surface area contributed by atoms with Gasteiger partial charge in [0.15, 0.2) is 0 Å². The molecular weight excluding hydrogens is 280 g/mol. The second-order valence-corrected chi connectivity index (χ2v) is 6.82. The molecule has 1 saturated heterocycles. The number of oxazole rings is 1. The lowest BCUT2D eigenvalue weighted by Gasteiger charge is -2.32. The van der Waals surface area contributed by atoms with Crippen LogP contribution in [0.25, 0.3) is 0 Å². The first-order valence-corrected chi connectivity index (χ1v) is 7.77. The zero-order valence-electron chi connectivity index (χ0n) is 13.5. The van der Waals surface area contributed by atoms with Crippen LogP contribution in [0.1, 0.15) is 32.4 Å². The van der Waals surface area contributed by atoms with E-state index >= 15 is 0 Å². The molecule has 2 aromatic heterocycles. The quantitative estimate of drug-likeness (QED) is 0.865. The molecule has 0 aromatic carbocycles. The highest BCUT2D eigenvalue weighted by Crippen LogP contribution is 2.23. The van der Waals surface area contributed by atoms with Crippen LogP contribution in [0.3, 0.4) is 0 Å². The molecule has 1 atom stereocenters. The van der Waals surface area contributed by atoms with Gasteiger partial charge in [0.25, 0.3) is 0 Å². The predicted molar refractivity (Wildman–Crippen MR) is 82.4 cm³/mol. The summed E-state index contributed by atoms with van der Waals surface area (Å²) >= 11 is 0. The summed E-state index contributed by atoms with van der Waals surface area (Å²) < 4.78 is 13.6. The van der Waals surface area contributed by atoms with Crippen LogP contribution >= 0.6 is 0 Å². The molecule has 1 aliphatic heterocycles. The van der Waals surface area contributed by atoms with Crippen molar-refractivity contribution in [2.24, 2.45) is 0 Å². The first-order valence-electron chi connectivity index (χ1n) is 7.77. The van der Waals surface area contributed by atoms with E-state index in [1.165, 1.54) is 0 Å². The van der Waals surface area contributed by atoms with Crippen LogP contribution < -0.4 is 0 Å². The van der Waals surface area contributed by atoms with Gasteiger partial charge in [0, 0.05) is 30.9 Å². The molecule has 1 aliphatic rings. The molecule has 0 bridgehead atoms. The topological polar surface area (TPSA) is 56.3 Å². The summed E-state index contributed by atoms with van der Waals surface area (Å²) in [5.74, 6) is 1.72. The molecule has 3 rings (SSSR count). The maximum absolute atomic E-state index is 5.88. The number of hydrogen-bond acceptors (Lipinski definition) is 5. The van der Waals surface area contributed by atoms with Gasteiger partial charge in [-0.1, -0.05) is 20.8 Å². The molecule has 1 fully saturated rings. The molecule has 22 heavy (non-hydrogen) atoms. The molecular formula is C16H24N4O2. The molecule has 0 N–H and O–H groups in total. The SMILES string of the molecule is CC(C)(C)c1cnc(CN2CCO[C@H](Cn3cccn3)C2)o1. The Morgan fingerprint density at radius 3 is 2.91 bits per heavy atom. The predicted octanol–water partition coefficient (Wildman–Crippen LogP) is 2.07. The van der Waals surface area contributed by atoms with Gasteiger partial charge in [0.05, 0.1) is 32.0 Å². The van der Waals surface area contributed by atoms with Gasteiger partial charge in [-0.3, -0.25) is 9.58 Å². The van der Waals surface area contributed by atoms with E-state index in [0.717, 1.165) is 44.4 Å². The Morgan fingerprint density at radius 2 is 2.23 bits per heavy atom. The normalized spacial score (nSPS) is 20.4. The summed E-state index contributed by atoms with van der Waals surface area (Å²) in [6, 6.07) is 1.93. The van der Waals surface area contributed by atoms with E-state index < -0.39 is 0 Å². The Balaban J connectivity index is 1.57. The third-order valence-corrected chi connectivity index (χ3v) is 3.82. The zero-order chi connectivity index (χ0) is 15.6. The lowest BCUT2D eigenvalue weighted by molar-refractivity contribution is -0.0423. The van der Waals surface area contributed by atoms with Gasteiger partial charge < -0.3 is 9.15 Å². The summed E-state index contributed by atoms with van der Waals surface area (Å²) in [5.41, 5.74) is -0.00110. The molecule has 0 spiro atoms. The highest BCUT2D eigenvalue weighted by Gasteiger charge is 2.24. The van der Waals surface area contributed by atoms with E-state index in [9.17, 15) is 0 Å². The standard InChI is InChI=1S/C16H24N4O2/c1-16(2,3)14-9-17-15(22-14)12-19-7-8-21-13(10-19)11-20-6-4-5-18-20/h4-6,9,13H,7-8,10-12H2,1-3H3/t13-/m0/s1. The molecule has 6 nitrogen and oxygen atoms in total. The van der Waals surface area contributed by atoms with Gasteiger partial charge in [-0.25, -0.2) is 4.98 Å². The maximum Gasteiger partial charge on any atom is 0.208 e. The molecule has 0 amide bonds. The number of hydrogen-bond donors (Lipinski definition) is 0. The minimum atomic E-state index is -0.00110. The van der Waals surface area contributed by atoms with E-state index in [1.54, 1.807) is 6.20 Å². The Bertz CT molecular complexity index is 586. The third kappa shape index (κ3) is 3.75. The summed E-state index contributed by atoms with van der Waals surface area (Å²) in [5, 5.41) is 4.24. The lowest BCUT2D eigenvalue weighted by atomic mass is 9.94. The van der Waals surface area contributed by atoms with Crippen LogP contribution in [0.15, 0.2) is 29.1 Å². The van der Waals surface area contributed by atoms with Crippen molar-refractivity contribution in [2.75, 3.05) is 19.7 Å². The van der Waals surface area contributed by atoms with Crippen LogP contribution in [0, 0.1) is 0 Å². The monoisotopic (exact) mass is 304 g/mol.